The molecule has 80 valence electrons. The van der Waals surface area contributed by atoms with Gasteiger partial charge < -0.3 is 5.73 Å². The van der Waals surface area contributed by atoms with Crippen molar-refractivity contribution in [2.75, 3.05) is 6.54 Å². The van der Waals surface area contributed by atoms with E-state index < -0.39 is 0 Å². The molecule has 1 fully saturated rings. The van der Waals surface area contributed by atoms with E-state index in [-0.39, 0.29) is 0 Å². The van der Waals surface area contributed by atoms with E-state index in [1.165, 1.54) is 25.7 Å². The molecule has 3 atom stereocenters. The third-order valence-electron chi connectivity index (χ3n) is 4.37. The molecule has 0 amide bonds. The topological polar surface area (TPSA) is 26.0 Å². The lowest BCUT2D eigenvalue weighted by molar-refractivity contribution is 0.377. The number of rotatable bonds is 1. The molecule has 1 aromatic carbocycles. The lowest BCUT2D eigenvalue weighted by Crippen LogP contribution is -2.24. The van der Waals surface area contributed by atoms with Crippen LogP contribution in [0, 0.1) is 5.92 Å². The minimum Gasteiger partial charge on any atom is -0.330 e. The fourth-order valence-corrected chi connectivity index (χ4v) is 3.66. The highest BCUT2D eigenvalue weighted by Gasteiger charge is 2.36. The number of hydrogen-bond donors (Lipinski definition) is 1. The fourth-order valence-electron chi connectivity index (χ4n) is 3.66. The summed E-state index contributed by atoms with van der Waals surface area (Å²) in [5, 5.41) is 0. The van der Waals surface area contributed by atoms with Gasteiger partial charge in [-0.15, -0.1) is 0 Å². The van der Waals surface area contributed by atoms with E-state index >= 15 is 0 Å². The molecule has 2 N–H and O–H groups in total. The van der Waals surface area contributed by atoms with E-state index in [4.69, 9.17) is 5.73 Å². The van der Waals surface area contributed by atoms with Crippen molar-refractivity contribution in [1.82, 2.24) is 0 Å². The van der Waals surface area contributed by atoms with Gasteiger partial charge in [0, 0.05) is 0 Å². The van der Waals surface area contributed by atoms with Gasteiger partial charge in [-0.2, -0.15) is 0 Å². The van der Waals surface area contributed by atoms with Crippen LogP contribution in [0.4, 0.5) is 0 Å². The predicted octanol–water partition coefficient (Wildman–Crippen LogP) is 3.02. The summed E-state index contributed by atoms with van der Waals surface area (Å²) in [4.78, 5) is 0. The van der Waals surface area contributed by atoms with Crippen LogP contribution in [0.5, 0.6) is 0 Å². The Balaban J connectivity index is 2.06. The molecule has 0 heterocycles. The van der Waals surface area contributed by atoms with Gasteiger partial charge >= 0.3 is 0 Å². The average Bonchev–Trinajstić information content (AvgIpc) is 2.76. The van der Waals surface area contributed by atoms with Gasteiger partial charge in [-0.05, 0) is 54.7 Å². The molecule has 0 radical (unpaired) electrons. The van der Waals surface area contributed by atoms with Crippen molar-refractivity contribution in [2.24, 2.45) is 11.7 Å². The summed E-state index contributed by atoms with van der Waals surface area (Å²) in [6.07, 6.45) is 5.58. The Kier molecular flexibility index (Phi) is 2.28. The molecule has 0 saturated heterocycles. The summed E-state index contributed by atoms with van der Waals surface area (Å²) in [5.41, 5.74) is 9.06. The van der Waals surface area contributed by atoms with Crippen molar-refractivity contribution in [2.45, 2.75) is 37.5 Å². The lowest BCUT2D eigenvalue weighted by Gasteiger charge is -2.33. The molecule has 2 aliphatic rings. The highest BCUT2D eigenvalue weighted by atomic mass is 14.6. The largest absolute Gasteiger partial charge is 0.330 e. The zero-order valence-electron chi connectivity index (χ0n) is 9.15. The molecule has 3 rings (SSSR count). The van der Waals surface area contributed by atoms with Gasteiger partial charge in [-0.25, -0.2) is 0 Å². The molecule has 1 heteroatoms. The Morgan fingerprint density at radius 2 is 1.93 bits per heavy atom. The highest BCUT2D eigenvalue weighted by Crippen LogP contribution is 2.50. The van der Waals surface area contributed by atoms with Gasteiger partial charge in [0.2, 0.25) is 0 Å². The summed E-state index contributed by atoms with van der Waals surface area (Å²) < 4.78 is 0. The van der Waals surface area contributed by atoms with Crippen molar-refractivity contribution in [3.63, 3.8) is 0 Å². The molecular formula is C14H19N. The molecule has 1 nitrogen and oxygen atoms in total. The van der Waals surface area contributed by atoms with E-state index in [1.807, 2.05) is 0 Å². The summed E-state index contributed by atoms with van der Waals surface area (Å²) in [5.74, 6) is 2.40. The average molecular weight is 201 g/mol. The molecular weight excluding hydrogens is 182 g/mol. The fraction of sp³-hybridized carbons (Fsp3) is 0.571. The minimum absolute atomic E-state index is 0.626. The van der Waals surface area contributed by atoms with Gasteiger partial charge in [-0.1, -0.05) is 30.7 Å². The SMILES string of the molecule is NCC1CC2CCCC2c2ccccc21. The van der Waals surface area contributed by atoms with Crippen LogP contribution in [-0.4, -0.2) is 6.54 Å². The molecule has 0 bridgehead atoms. The molecule has 1 aromatic rings. The van der Waals surface area contributed by atoms with Crippen molar-refractivity contribution >= 4 is 0 Å². The quantitative estimate of drug-likeness (QED) is 0.742. The van der Waals surface area contributed by atoms with E-state index in [1.54, 1.807) is 11.1 Å². The Morgan fingerprint density at radius 1 is 1.13 bits per heavy atom. The first kappa shape index (κ1) is 9.41. The second-order valence-corrected chi connectivity index (χ2v) is 5.09. The van der Waals surface area contributed by atoms with E-state index in [0.717, 1.165) is 18.4 Å². The molecule has 0 aromatic heterocycles. The van der Waals surface area contributed by atoms with Crippen LogP contribution in [-0.2, 0) is 0 Å². The zero-order valence-corrected chi connectivity index (χ0v) is 9.15. The van der Waals surface area contributed by atoms with Crippen LogP contribution in [0.1, 0.15) is 48.6 Å². The van der Waals surface area contributed by atoms with Crippen molar-refractivity contribution in [3.8, 4) is 0 Å². The van der Waals surface area contributed by atoms with E-state index in [0.29, 0.717) is 5.92 Å². The lowest BCUT2D eigenvalue weighted by atomic mass is 9.72. The maximum Gasteiger partial charge on any atom is -0.000803 e. The Hall–Kier alpha value is -0.820. The van der Waals surface area contributed by atoms with Crippen LogP contribution in [0.3, 0.4) is 0 Å². The summed E-state index contributed by atoms with van der Waals surface area (Å²) >= 11 is 0. The summed E-state index contributed by atoms with van der Waals surface area (Å²) in [6.45, 7) is 0.820. The Labute approximate surface area is 91.7 Å². The Bertz CT molecular complexity index is 358. The first-order valence-electron chi connectivity index (χ1n) is 6.19. The molecule has 2 aliphatic carbocycles. The van der Waals surface area contributed by atoms with E-state index in [2.05, 4.69) is 24.3 Å². The van der Waals surface area contributed by atoms with Gasteiger partial charge in [0.15, 0.2) is 0 Å². The van der Waals surface area contributed by atoms with E-state index in [9.17, 15) is 0 Å². The molecule has 15 heavy (non-hydrogen) atoms. The zero-order chi connectivity index (χ0) is 10.3. The summed E-state index contributed by atoms with van der Waals surface area (Å²) in [7, 11) is 0. The van der Waals surface area contributed by atoms with Crippen molar-refractivity contribution < 1.29 is 0 Å². The van der Waals surface area contributed by atoms with Gasteiger partial charge in [0.05, 0.1) is 0 Å². The maximum atomic E-state index is 5.90. The number of fused-ring (bicyclic) bond motifs is 3. The number of hydrogen-bond acceptors (Lipinski definition) is 1. The number of nitrogens with two attached hydrogens (primary N) is 1. The maximum absolute atomic E-state index is 5.90. The highest BCUT2D eigenvalue weighted by molar-refractivity contribution is 5.37. The van der Waals surface area contributed by atoms with Crippen LogP contribution >= 0.6 is 0 Å². The second-order valence-electron chi connectivity index (χ2n) is 5.09. The molecule has 0 spiro atoms. The Morgan fingerprint density at radius 3 is 2.73 bits per heavy atom. The standard InChI is InChI=1S/C14H19N/c15-9-11-8-10-4-3-7-12(10)14-6-2-1-5-13(11)14/h1-2,5-6,10-12H,3-4,7-9,15H2. The van der Waals surface area contributed by atoms with Gasteiger partial charge in [0.25, 0.3) is 0 Å². The summed E-state index contributed by atoms with van der Waals surface area (Å²) in [6, 6.07) is 8.98. The van der Waals surface area contributed by atoms with Crippen molar-refractivity contribution in [1.29, 1.82) is 0 Å². The monoisotopic (exact) mass is 201 g/mol. The van der Waals surface area contributed by atoms with Crippen LogP contribution in [0.2, 0.25) is 0 Å². The normalized spacial score (nSPS) is 33.5. The third kappa shape index (κ3) is 1.41. The number of benzene rings is 1. The smallest absolute Gasteiger partial charge is 0.000803 e. The minimum atomic E-state index is 0.626. The van der Waals surface area contributed by atoms with Gasteiger partial charge in [0.1, 0.15) is 0 Å². The van der Waals surface area contributed by atoms with Crippen LogP contribution in [0.15, 0.2) is 24.3 Å². The molecule has 3 unspecified atom stereocenters. The van der Waals surface area contributed by atoms with Gasteiger partial charge in [-0.3, -0.25) is 0 Å². The predicted molar refractivity (Wildman–Crippen MR) is 62.9 cm³/mol. The third-order valence-corrected chi connectivity index (χ3v) is 4.37. The first-order valence-corrected chi connectivity index (χ1v) is 6.19. The van der Waals surface area contributed by atoms with Crippen LogP contribution in [0.25, 0.3) is 0 Å². The first-order chi connectivity index (χ1) is 7.40. The van der Waals surface area contributed by atoms with Crippen LogP contribution < -0.4 is 5.73 Å². The van der Waals surface area contributed by atoms with Crippen molar-refractivity contribution in [3.05, 3.63) is 35.4 Å². The molecule has 1 saturated carbocycles. The second kappa shape index (κ2) is 3.64. The molecule has 0 aliphatic heterocycles.